The molecule has 0 bridgehead atoms. The Balaban J connectivity index is 1.37. The van der Waals surface area contributed by atoms with Crippen molar-refractivity contribution in [3.63, 3.8) is 0 Å². The van der Waals surface area contributed by atoms with Gasteiger partial charge in [-0.1, -0.05) is 30.3 Å². The number of nitrogens with zero attached hydrogens (tertiary/aromatic N) is 2. The number of benzene rings is 2. The molecule has 2 aliphatic rings. The molecule has 172 valence electrons. The lowest BCUT2D eigenvalue weighted by molar-refractivity contribution is -0.117. The summed E-state index contributed by atoms with van der Waals surface area (Å²) in [5, 5.41) is 7.04. The molecule has 2 heterocycles. The van der Waals surface area contributed by atoms with Crippen LogP contribution in [0.25, 0.3) is 10.9 Å². The molecule has 1 saturated carbocycles. The molecule has 2 aromatic carbocycles. The lowest BCUT2D eigenvalue weighted by Crippen LogP contribution is -2.41. The molecule has 5 rings (SSSR count). The average molecular weight is 447 g/mol. The Kier molecular flexibility index (Phi) is 6.41. The van der Waals surface area contributed by atoms with Crippen molar-refractivity contribution in [3.8, 4) is 0 Å². The number of ether oxygens (including phenoxy) is 1. The number of hydrogen-bond acceptors (Lipinski definition) is 4. The third kappa shape index (κ3) is 5.26. The van der Waals surface area contributed by atoms with Crippen LogP contribution in [0.15, 0.2) is 54.6 Å². The Morgan fingerprint density at radius 3 is 2.55 bits per heavy atom. The van der Waals surface area contributed by atoms with E-state index in [1.54, 1.807) is 0 Å². The van der Waals surface area contributed by atoms with Crippen molar-refractivity contribution < 1.29 is 14.3 Å². The fraction of sp³-hybridized carbons (Fsp3) is 0.385. The van der Waals surface area contributed by atoms with Crippen LogP contribution < -0.4 is 10.6 Å². The van der Waals surface area contributed by atoms with Crippen LogP contribution in [0.4, 0.5) is 5.69 Å². The van der Waals surface area contributed by atoms with E-state index in [9.17, 15) is 9.59 Å². The second-order valence-corrected chi connectivity index (χ2v) is 8.85. The highest BCUT2D eigenvalue weighted by molar-refractivity contribution is 6.01. The number of morpholine rings is 1. The molecule has 33 heavy (non-hydrogen) atoms. The quantitative estimate of drug-likeness (QED) is 0.558. The van der Waals surface area contributed by atoms with Crippen LogP contribution in [0.2, 0.25) is 0 Å². The molecule has 0 atom stereocenters. The van der Waals surface area contributed by atoms with Gasteiger partial charge in [-0.25, -0.2) is 0 Å². The second kappa shape index (κ2) is 9.77. The van der Waals surface area contributed by atoms with Crippen molar-refractivity contribution in [2.75, 3.05) is 44.7 Å². The fourth-order valence-electron chi connectivity index (χ4n) is 4.31. The van der Waals surface area contributed by atoms with Crippen LogP contribution in [0, 0.1) is 5.92 Å². The van der Waals surface area contributed by atoms with Crippen LogP contribution in [-0.2, 0) is 16.1 Å². The first-order valence-corrected chi connectivity index (χ1v) is 11.7. The van der Waals surface area contributed by atoms with Gasteiger partial charge in [-0.2, -0.15) is 0 Å². The van der Waals surface area contributed by atoms with Crippen LogP contribution >= 0.6 is 0 Å². The van der Waals surface area contributed by atoms with Gasteiger partial charge in [0.25, 0.3) is 5.91 Å². The van der Waals surface area contributed by atoms with Crippen molar-refractivity contribution >= 4 is 28.4 Å². The van der Waals surface area contributed by atoms with E-state index in [4.69, 9.17) is 4.74 Å². The largest absolute Gasteiger partial charge is 0.379 e. The second-order valence-electron chi connectivity index (χ2n) is 8.85. The summed E-state index contributed by atoms with van der Waals surface area (Å²) in [6, 6.07) is 17.9. The van der Waals surface area contributed by atoms with E-state index < -0.39 is 0 Å². The summed E-state index contributed by atoms with van der Waals surface area (Å²) in [5.74, 6) is 0.147. The van der Waals surface area contributed by atoms with Crippen LogP contribution in [-0.4, -0.2) is 60.7 Å². The summed E-state index contributed by atoms with van der Waals surface area (Å²) in [6.45, 7) is 5.31. The molecular formula is C26H30N4O3. The molecule has 7 nitrogen and oxygen atoms in total. The van der Waals surface area contributed by atoms with Gasteiger partial charge in [0.1, 0.15) is 5.69 Å². The first-order chi connectivity index (χ1) is 16.2. The minimum Gasteiger partial charge on any atom is -0.379 e. The lowest BCUT2D eigenvalue weighted by Gasteiger charge is -2.26. The number of fused-ring (bicyclic) bond motifs is 1. The van der Waals surface area contributed by atoms with E-state index in [1.165, 1.54) is 0 Å². The Morgan fingerprint density at radius 2 is 1.79 bits per heavy atom. The van der Waals surface area contributed by atoms with Crippen molar-refractivity contribution in [1.29, 1.82) is 0 Å². The third-order valence-electron chi connectivity index (χ3n) is 6.35. The maximum atomic E-state index is 13.2. The van der Waals surface area contributed by atoms with E-state index in [0.717, 1.165) is 67.8 Å². The highest BCUT2D eigenvalue weighted by atomic mass is 16.5. The highest BCUT2D eigenvalue weighted by Crippen LogP contribution is 2.31. The van der Waals surface area contributed by atoms with Gasteiger partial charge in [-0.3, -0.25) is 14.5 Å². The summed E-state index contributed by atoms with van der Waals surface area (Å²) in [7, 11) is 0. The zero-order valence-corrected chi connectivity index (χ0v) is 18.8. The maximum absolute atomic E-state index is 13.2. The van der Waals surface area contributed by atoms with E-state index in [0.29, 0.717) is 18.8 Å². The number of nitrogens with one attached hydrogen (secondary N) is 2. The summed E-state index contributed by atoms with van der Waals surface area (Å²) >= 11 is 0. The molecule has 2 amide bonds. The number of aromatic nitrogens is 1. The van der Waals surface area contributed by atoms with Gasteiger partial charge in [-0.15, -0.1) is 0 Å². The minimum atomic E-state index is -0.0843. The Labute approximate surface area is 193 Å². The molecule has 1 saturated heterocycles. The van der Waals surface area contributed by atoms with Crippen molar-refractivity contribution in [3.05, 3.63) is 65.9 Å². The molecular weight excluding hydrogens is 416 g/mol. The third-order valence-corrected chi connectivity index (χ3v) is 6.35. The van der Waals surface area contributed by atoms with Gasteiger partial charge in [0.15, 0.2) is 0 Å². The normalized spacial score (nSPS) is 16.6. The Hall–Kier alpha value is -3.16. The van der Waals surface area contributed by atoms with Crippen molar-refractivity contribution in [2.24, 2.45) is 5.92 Å². The van der Waals surface area contributed by atoms with Crippen LogP contribution in [0.3, 0.4) is 0 Å². The summed E-state index contributed by atoms with van der Waals surface area (Å²) in [6.07, 6.45) is 1.94. The SMILES string of the molecule is O=C(NCCN1CCOCC1)c1cc2cc(NC(=O)C3CC3)ccc2n1Cc1ccccc1. The number of amides is 2. The van der Waals surface area contributed by atoms with Gasteiger partial charge < -0.3 is 19.9 Å². The highest BCUT2D eigenvalue weighted by Gasteiger charge is 2.29. The first-order valence-electron chi connectivity index (χ1n) is 11.7. The standard InChI is InChI=1S/C26H30N4O3/c31-25(20-6-7-20)28-22-8-9-23-21(16-22)17-24(30(23)18-19-4-2-1-3-5-19)26(32)27-10-11-29-12-14-33-15-13-29/h1-5,8-9,16-17,20H,6-7,10-15,18H2,(H,27,32)(H,28,31). The Bertz CT molecular complexity index is 1130. The number of rotatable bonds is 8. The zero-order chi connectivity index (χ0) is 22.6. The predicted octanol–water partition coefficient (Wildman–Crippen LogP) is 3.10. The molecule has 7 heteroatoms. The summed E-state index contributed by atoms with van der Waals surface area (Å²) in [4.78, 5) is 27.7. The topological polar surface area (TPSA) is 75.6 Å². The van der Waals surface area contributed by atoms with Crippen molar-refractivity contribution in [2.45, 2.75) is 19.4 Å². The van der Waals surface area contributed by atoms with Crippen LogP contribution in [0.1, 0.15) is 28.9 Å². The van der Waals surface area contributed by atoms with Gasteiger partial charge in [0.05, 0.1) is 13.2 Å². The van der Waals surface area contributed by atoms with E-state index in [1.807, 2.05) is 42.5 Å². The molecule has 0 spiro atoms. The molecule has 0 unspecified atom stereocenters. The smallest absolute Gasteiger partial charge is 0.267 e. The molecule has 3 aromatic rings. The minimum absolute atomic E-state index is 0.0825. The molecule has 1 aliphatic carbocycles. The lowest BCUT2D eigenvalue weighted by atomic mass is 10.2. The molecule has 0 radical (unpaired) electrons. The van der Waals surface area contributed by atoms with Gasteiger partial charge in [0, 0.05) is 55.2 Å². The van der Waals surface area contributed by atoms with Crippen LogP contribution in [0.5, 0.6) is 0 Å². The first kappa shape index (κ1) is 21.7. The maximum Gasteiger partial charge on any atom is 0.267 e. The number of anilines is 1. The van der Waals surface area contributed by atoms with Gasteiger partial charge in [-0.05, 0) is 42.7 Å². The average Bonchev–Trinajstić information content (AvgIpc) is 3.63. The van der Waals surface area contributed by atoms with Gasteiger partial charge >= 0.3 is 0 Å². The molecule has 2 N–H and O–H groups in total. The molecule has 1 aliphatic heterocycles. The van der Waals surface area contributed by atoms with E-state index in [-0.39, 0.29) is 17.7 Å². The molecule has 1 aromatic heterocycles. The molecule has 2 fully saturated rings. The van der Waals surface area contributed by atoms with E-state index >= 15 is 0 Å². The number of carbonyl (C=O) groups is 2. The van der Waals surface area contributed by atoms with Gasteiger partial charge in [0.2, 0.25) is 5.91 Å². The zero-order valence-electron chi connectivity index (χ0n) is 18.8. The van der Waals surface area contributed by atoms with Crippen molar-refractivity contribution in [1.82, 2.24) is 14.8 Å². The van der Waals surface area contributed by atoms with E-state index in [2.05, 4.69) is 32.2 Å². The predicted molar refractivity (Wildman–Crippen MR) is 128 cm³/mol. The Morgan fingerprint density at radius 1 is 1.00 bits per heavy atom. The summed E-state index contributed by atoms with van der Waals surface area (Å²) < 4.78 is 7.45. The number of carbonyl (C=O) groups excluding carboxylic acids is 2. The number of hydrogen-bond donors (Lipinski definition) is 2. The summed E-state index contributed by atoms with van der Waals surface area (Å²) in [5.41, 5.74) is 3.50. The fourth-order valence-corrected chi connectivity index (χ4v) is 4.31. The monoisotopic (exact) mass is 446 g/mol.